The van der Waals surface area contributed by atoms with Crippen molar-refractivity contribution >= 4 is 36.4 Å². The van der Waals surface area contributed by atoms with Gasteiger partial charge in [0.15, 0.2) is 15.6 Å². The number of fused-ring (bicyclic) bond motifs is 1. The van der Waals surface area contributed by atoms with Crippen molar-refractivity contribution in [2.75, 3.05) is 13.4 Å². The maximum absolute atomic E-state index is 13.2. The molecule has 0 bridgehead atoms. The fourth-order valence-electron chi connectivity index (χ4n) is 3.07. The number of carbonyl (C=O) groups excluding carboxylic acids is 1. The molecule has 7 nitrogen and oxygen atoms in total. The topological polar surface area (TPSA) is 121 Å². The molecular formula is C19H16FNO6S2. The first-order valence-electron chi connectivity index (χ1n) is 8.12. The lowest BCUT2D eigenvalue weighted by molar-refractivity contribution is 0.103. The van der Waals surface area contributed by atoms with Gasteiger partial charge in [0.05, 0.1) is 17.6 Å². The zero-order chi connectivity index (χ0) is 21.6. The Balaban J connectivity index is 2.45. The summed E-state index contributed by atoms with van der Waals surface area (Å²) in [4.78, 5) is 12.0. The Bertz CT molecular complexity index is 1350. The summed E-state index contributed by atoms with van der Waals surface area (Å²) in [5.74, 6) is -0.944. The molecule has 29 heavy (non-hydrogen) atoms. The van der Waals surface area contributed by atoms with E-state index in [1.54, 1.807) is 0 Å². The first-order chi connectivity index (χ1) is 13.4. The number of rotatable bonds is 5. The molecule has 2 N–H and O–H groups in total. The second-order valence-electron chi connectivity index (χ2n) is 6.28. The number of halogens is 1. The highest BCUT2D eigenvalue weighted by atomic mass is 32.2. The number of sulfonamides is 1. The van der Waals surface area contributed by atoms with Crippen molar-refractivity contribution in [3.63, 3.8) is 0 Å². The second-order valence-corrected chi connectivity index (χ2v) is 9.77. The Morgan fingerprint density at radius 2 is 1.52 bits per heavy atom. The first-order valence-corrected chi connectivity index (χ1v) is 11.6. The van der Waals surface area contributed by atoms with E-state index in [4.69, 9.17) is 9.88 Å². The molecule has 0 saturated carbocycles. The smallest absolute Gasteiger partial charge is 0.239 e. The molecule has 0 radical (unpaired) electrons. The number of sulfone groups is 1. The van der Waals surface area contributed by atoms with Gasteiger partial charge in [-0.2, -0.15) is 0 Å². The summed E-state index contributed by atoms with van der Waals surface area (Å²) < 4.78 is 67.1. The molecule has 0 aliphatic carbocycles. The summed E-state index contributed by atoms with van der Waals surface area (Å²) >= 11 is 0. The molecule has 0 aliphatic heterocycles. The van der Waals surface area contributed by atoms with E-state index in [1.807, 2.05) is 0 Å². The summed E-state index contributed by atoms with van der Waals surface area (Å²) in [5, 5.41) is 5.39. The first kappa shape index (κ1) is 20.9. The third kappa shape index (κ3) is 3.86. The lowest BCUT2D eigenvalue weighted by Gasteiger charge is -2.15. The van der Waals surface area contributed by atoms with E-state index in [2.05, 4.69) is 0 Å². The van der Waals surface area contributed by atoms with E-state index in [1.165, 1.54) is 37.4 Å². The average molecular weight is 437 g/mol. The molecule has 3 aromatic carbocycles. The molecule has 3 rings (SSSR count). The number of primary sulfonamides is 1. The Morgan fingerprint density at radius 3 is 2.03 bits per heavy atom. The fraction of sp³-hybridized carbons (Fsp3) is 0.105. The van der Waals surface area contributed by atoms with Crippen LogP contribution in [0.2, 0.25) is 0 Å². The standard InChI is InChI=1S/C19H16FNO6S2/c1-27-15-9-7-14-13(17(15)18(22)11-3-5-12(20)6-4-11)8-10-16(28(2,23)24)19(14)29(21,25)26/h3-10H,1-2H3,(H2,21,25,26). The van der Waals surface area contributed by atoms with Gasteiger partial charge in [0, 0.05) is 17.2 Å². The molecule has 152 valence electrons. The number of hydrogen-bond donors (Lipinski definition) is 1. The van der Waals surface area contributed by atoms with Gasteiger partial charge >= 0.3 is 0 Å². The van der Waals surface area contributed by atoms with Gasteiger partial charge in [-0.25, -0.2) is 26.4 Å². The molecular weight excluding hydrogens is 421 g/mol. The minimum atomic E-state index is -4.46. The van der Waals surface area contributed by atoms with Crippen LogP contribution >= 0.6 is 0 Å². The van der Waals surface area contributed by atoms with E-state index in [-0.39, 0.29) is 27.6 Å². The number of ether oxygens (including phenoxy) is 1. The van der Waals surface area contributed by atoms with Crippen LogP contribution in [0.4, 0.5) is 4.39 Å². The van der Waals surface area contributed by atoms with Crippen molar-refractivity contribution in [3.05, 3.63) is 65.5 Å². The van der Waals surface area contributed by atoms with Gasteiger partial charge in [0.2, 0.25) is 10.0 Å². The van der Waals surface area contributed by atoms with Crippen LogP contribution in [0, 0.1) is 5.82 Å². The Labute approximate surface area is 166 Å². The molecule has 0 unspecified atom stereocenters. The summed E-state index contributed by atoms with van der Waals surface area (Å²) in [6.45, 7) is 0. The SMILES string of the molecule is COc1ccc2c(S(N)(=O)=O)c(S(C)(=O)=O)ccc2c1C(=O)c1ccc(F)cc1. The van der Waals surface area contributed by atoms with Crippen molar-refractivity contribution in [1.82, 2.24) is 0 Å². The highest BCUT2D eigenvalue weighted by Crippen LogP contribution is 2.36. The van der Waals surface area contributed by atoms with E-state index in [9.17, 15) is 26.0 Å². The van der Waals surface area contributed by atoms with E-state index >= 15 is 0 Å². The highest BCUT2D eigenvalue weighted by molar-refractivity contribution is 7.93. The zero-order valence-electron chi connectivity index (χ0n) is 15.3. The zero-order valence-corrected chi connectivity index (χ0v) is 17.0. The second kappa shape index (κ2) is 7.21. The Kier molecular flexibility index (Phi) is 5.20. The van der Waals surface area contributed by atoms with Crippen molar-refractivity contribution in [1.29, 1.82) is 0 Å². The van der Waals surface area contributed by atoms with Crippen molar-refractivity contribution in [3.8, 4) is 5.75 Å². The Hall–Kier alpha value is -2.82. The summed E-state index contributed by atoms with van der Waals surface area (Å²) in [6.07, 6.45) is 0.858. The van der Waals surface area contributed by atoms with Crippen LogP contribution in [0.25, 0.3) is 10.8 Å². The lowest BCUT2D eigenvalue weighted by Crippen LogP contribution is -2.17. The molecule has 0 amide bonds. The Morgan fingerprint density at radius 1 is 0.931 bits per heavy atom. The predicted octanol–water partition coefficient (Wildman–Crippen LogP) is 2.27. The minimum absolute atomic E-state index is 0.00144. The van der Waals surface area contributed by atoms with Crippen LogP contribution in [0.5, 0.6) is 5.75 Å². The van der Waals surface area contributed by atoms with Crippen molar-refractivity contribution < 1.29 is 30.8 Å². The van der Waals surface area contributed by atoms with E-state index < -0.39 is 41.3 Å². The van der Waals surface area contributed by atoms with Crippen LogP contribution in [0.15, 0.2) is 58.3 Å². The van der Waals surface area contributed by atoms with Crippen molar-refractivity contribution in [2.45, 2.75) is 9.79 Å². The van der Waals surface area contributed by atoms with Gasteiger partial charge in [0.1, 0.15) is 16.5 Å². The number of hydrogen-bond acceptors (Lipinski definition) is 6. The molecule has 0 heterocycles. The van der Waals surface area contributed by atoms with Crippen LogP contribution in [-0.2, 0) is 19.9 Å². The maximum Gasteiger partial charge on any atom is 0.239 e. The minimum Gasteiger partial charge on any atom is -0.496 e. The molecule has 0 aromatic heterocycles. The summed E-state index contributed by atoms with van der Waals surface area (Å²) in [7, 11) is -7.06. The maximum atomic E-state index is 13.2. The molecule has 0 fully saturated rings. The monoisotopic (exact) mass is 437 g/mol. The largest absolute Gasteiger partial charge is 0.496 e. The summed E-state index contributed by atoms with van der Waals surface area (Å²) in [6, 6.07) is 9.86. The fourth-order valence-corrected chi connectivity index (χ4v) is 5.47. The van der Waals surface area contributed by atoms with Crippen LogP contribution < -0.4 is 9.88 Å². The van der Waals surface area contributed by atoms with Gasteiger partial charge in [-0.3, -0.25) is 4.79 Å². The van der Waals surface area contributed by atoms with E-state index in [0.29, 0.717) is 0 Å². The highest BCUT2D eigenvalue weighted by Gasteiger charge is 2.27. The third-order valence-electron chi connectivity index (χ3n) is 4.31. The number of nitrogens with two attached hydrogens (primary N) is 1. The predicted molar refractivity (Wildman–Crippen MR) is 105 cm³/mol. The van der Waals surface area contributed by atoms with Gasteiger partial charge in [0.25, 0.3) is 0 Å². The normalized spacial score (nSPS) is 12.1. The van der Waals surface area contributed by atoms with E-state index in [0.717, 1.165) is 24.5 Å². The molecule has 0 aliphatic rings. The number of benzene rings is 3. The lowest BCUT2D eigenvalue weighted by atomic mass is 9.96. The van der Waals surface area contributed by atoms with Crippen molar-refractivity contribution in [2.24, 2.45) is 5.14 Å². The average Bonchev–Trinajstić information content (AvgIpc) is 2.64. The van der Waals surface area contributed by atoms with Crippen LogP contribution in [-0.4, -0.2) is 36.0 Å². The molecule has 0 spiro atoms. The summed E-state index contributed by atoms with van der Waals surface area (Å²) in [5.41, 5.74) is 0.142. The van der Waals surface area contributed by atoms with Gasteiger partial charge < -0.3 is 4.74 Å². The molecule has 10 heteroatoms. The van der Waals surface area contributed by atoms with Crippen LogP contribution in [0.1, 0.15) is 15.9 Å². The number of carbonyl (C=O) groups is 1. The van der Waals surface area contributed by atoms with Gasteiger partial charge in [-0.1, -0.05) is 6.07 Å². The molecule has 0 saturated heterocycles. The quantitative estimate of drug-likeness (QED) is 0.611. The number of ketones is 1. The third-order valence-corrected chi connectivity index (χ3v) is 6.59. The molecule has 3 aromatic rings. The van der Waals surface area contributed by atoms with Gasteiger partial charge in [-0.15, -0.1) is 0 Å². The number of methoxy groups -OCH3 is 1. The van der Waals surface area contributed by atoms with Gasteiger partial charge in [-0.05, 0) is 47.9 Å². The molecule has 0 atom stereocenters. The van der Waals surface area contributed by atoms with Crippen LogP contribution in [0.3, 0.4) is 0 Å².